The summed E-state index contributed by atoms with van der Waals surface area (Å²) in [6.07, 6.45) is 15.1. The maximum absolute atomic E-state index is 10.9. The third-order valence-electron chi connectivity index (χ3n) is 4.61. The van der Waals surface area contributed by atoms with Gasteiger partial charge in [0.15, 0.2) is 6.61 Å². The zero-order valence-electron chi connectivity index (χ0n) is 18.8. The Kier molecular flexibility index (Phi) is 9.13. The van der Waals surface area contributed by atoms with Crippen molar-refractivity contribution in [3.8, 4) is 5.75 Å². The van der Waals surface area contributed by atoms with Gasteiger partial charge in [0.2, 0.25) is 5.90 Å². The monoisotopic (exact) mass is 501 g/mol. The summed E-state index contributed by atoms with van der Waals surface area (Å²) in [6.45, 7) is 3.46. The third kappa shape index (κ3) is 7.10. The number of carbonyl (C=O) groups is 1. The SMILES string of the molecule is C\C=C/C(=N/C(=C/c1n[nH]c2cc(Cl)c(OCC(=O)O)cc12)CCC)OC1=CC=C(Cl)CC=C1. The zero-order chi connectivity index (χ0) is 24.5. The summed E-state index contributed by atoms with van der Waals surface area (Å²) in [5.41, 5.74) is 2.09. The fourth-order valence-corrected chi connectivity index (χ4v) is 3.49. The van der Waals surface area contributed by atoms with Gasteiger partial charge in [-0.25, -0.2) is 9.79 Å². The molecule has 1 heterocycles. The van der Waals surface area contributed by atoms with Crippen molar-refractivity contribution >= 4 is 52.0 Å². The second-order valence-electron chi connectivity index (χ2n) is 7.35. The Morgan fingerprint density at radius 1 is 1.32 bits per heavy atom. The van der Waals surface area contributed by atoms with Crippen molar-refractivity contribution in [1.29, 1.82) is 0 Å². The van der Waals surface area contributed by atoms with Crippen molar-refractivity contribution in [1.82, 2.24) is 10.2 Å². The number of carboxylic acids is 1. The number of benzene rings is 1. The Morgan fingerprint density at radius 3 is 2.88 bits per heavy atom. The number of halogens is 2. The van der Waals surface area contributed by atoms with Gasteiger partial charge in [0.05, 0.1) is 16.2 Å². The molecule has 2 N–H and O–H groups in total. The molecule has 0 saturated carbocycles. The van der Waals surface area contributed by atoms with Gasteiger partial charge in [-0.3, -0.25) is 5.10 Å². The predicted molar refractivity (Wildman–Crippen MR) is 136 cm³/mol. The molecule has 0 saturated heterocycles. The van der Waals surface area contributed by atoms with Crippen LogP contribution in [0.15, 0.2) is 70.1 Å². The number of aliphatic imine (C=N–C) groups is 1. The van der Waals surface area contributed by atoms with E-state index in [1.165, 1.54) is 0 Å². The van der Waals surface area contributed by atoms with Crippen LogP contribution in [0.3, 0.4) is 0 Å². The molecule has 0 amide bonds. The van der Waals surface area contributed by atoms with Crippen molar-refractivity contribution in [3.05, 3.63) is 75.8 Å². The summed E-state index contributed by atoms with van der Waals surface area (Å²) in [4.78, 5) is 15.6. The molecule has 0 radical (unpaired) electrons. The Hall–Kier alpha value is -3.29. The van der Waals surface area contributed by atoms with Gasteiger partial charge >= 0.3 is 5.97 Å². The lowest BCUT2D eigenvalue weighted by Gasteiger charge is -2.08. The van der Waals surface area contributed by atoms with Crippen LogP contribution >= 0.6 is 23.2 Å². The molecule has 3 rings (SSSR count). The van der Waals surface area contributed by atoms with Gasteiger partial charge in [0, 0.05) is 22.5 Å². The van der Waals surface area contributed by atoms with E-state index in [2.05, 4.69) is 17.1 Å². The first kappa shape index (κ1) is 25.3. The summed E-state index contributed by atoms with van der Waals surface area (Å²) in [5, 5.41) is 18.0. The van der Waals surface area contributed by atoms with E-state index in [-0.39, 0.29) is 5.75 Å². The molecule has 0 unspecified atom stereocenters. The van der Waals surface area contributed by atoms with E-state index in [0.29, 0.717) is 40.7 Å². The van der Waals surface area contributed by atoms with Crippen molar-refractivity contribution < 1.29 is 19.4 Å². The molecule has 1 aliphatic carbocycles. The average molecular weight is 502 g/mol. The minimum absolute atomic E-state index is 0.268. The number of fused-ring (bicyclic) bond motifs is 1. The third-order valence-corrected chi connectivity index (χ3v) is 5.19. The average Bonchev–Trinajstić information content (AvgIpc) is 3.04. The highest BCUT2D eigenvalue weighted by Crippen LogP contribution is 2.32. The van der Waals surface area contributed by atoms with E-state index in [4.69, 9.17) is 42.8 Å². The van der Waals surface area contributed by atoms with Gasteiger partial charge in [-0.05, 0) is 55.9 Å². The summed E-state index contributed by atoms with van der Waals surface area (Å²) in [5.74, 6) is 0.238. The number of ether oxygens (including phenoxy) is 2. The van der Waals surface area contributed by atoms with E-state index >= 15 is 0 Å². The Morgan fingerprint density at radius 2 is 2.15 bits per heavy atom. The predicted octanol–water partition coefficient (Wildman–Crippen LogP) is 6.78. The second-order valence-corrected chi connectivity index (χ2v) is 8.24. The molecule has 7 nitrogen and oxygen atoms in total. The van der Waals surface area contributed by atoms with Gasteiger partial charge in [0.1, 0.15) is 11.5 Å². The van der Waals surface area contributed by atoms with Crippen LogP contribution in [0.5, 0.6) is 5.75 Å². The maximum Gasteiger partial charge on any atom is 0.341 e. The van der Waals surface area contributed by atoms with E-state index in [1.807, 2.05) is 31.2 Å². The standard InChI is InChI=1S/C25H25Cl2N3O4/c1-3-6-17(28-24(7-4-2)34-18-9-5-8-16(26)10-11-18)12-21-19-13-23(33-15-25(31)32)20(27)14-22(19)30-29-21/h4-5,7,9-14H,3,6,8,15H2,1-2H3,(H,29,30)(H,31,32)/b7-4-,17-12+,28-24-. The lowest BCUT2D eigenvalue weighted by Crippen LogP contribution is -2.09. The number of aliphatic carboxylic acids is 1. The Bertz CT molecular complexity index is 1240. The number of nitrogens with zero attached hydrogens (tertiary/aromatic N) is 2. The first-order valence-corrected chi connectivity index (χ1v) is 11.5. The minimum atomic E-state index is -1.09. The maximum atomic E-state index is 10.9. The molecular formula is C25H25Cl2N3O4. The molecule has 2 aromatic rings. The number of rotatable bonds is 9. The number of hydrogen-bond donors (Lipinski definition) is 2. The highest BCUT2D eigenvalue weighted by atomic mass is 35.5. The van der Waals surface area contributed by atoms with Crippen LogP contribution in [-0.4, -0.2) is 33.8 Å². The number of aromatic amines is 1. The topological polar surface area (TPSA) is 96.8 Å². The fourth-order valence-electron chi connectivity index (χ4n) is 3.12. The fraction of sp³-hybridized carbons (Fsp3) is 0.240. The number of allylic oxidation sites excluding steroid dienone is 7. The summed E-state index contributed by atoms with van der Waals surface area (Å²) < 4.78 is 11.3. The molecule has 9 heteroatoms. The molecule has 1 aromatic heterocycles. The lowest BCUT2D eigenvalue weighted by atomic mass is 10.1. The van der Waals surface area contributed by atoms with Crippen LogP contribution in [0.4, 0.5) is 0 Å². The van der Waals surface area contributed by atoms with Crippen molar-refractivity contribution in [2.75, 3.05) is 6.61 Å². The molecule has 34 heavy (non-hydrogen) atoms. The Balaban J connectivity index is 1.97. The van der Waals surface area contributed by atoms with E-state index in [9.17, 15) is 4.79 Å². The summed E-state index contributed by atoms with van der Waals surface area (Å²) in [6, 6.07) is 3.32. The van der Waals surface area contributed by atoms with Crippen molar-refractivity contribution in [2.45, 2.75) is 33.1 Å². The lowest BCUT2D eigenvalue weighted by molar-refractivity contribution is -0.139. The smallest absolute Gasteiger partial charge is 0.341 e. The molecule has 0 fully saturated rings. The van der Waals surface area contributed by atoms with Gasteiger partial charge in [-0.15, -0.1) is 0 Å². The van der Waals surface area contributed by atoms with Crippen LogP contribution in [0.1, 0.15) is 38.8 Å². The highest BCUT2D eigenvalue weighted by Gasteiger charge is 2.12. The van der Waals surface area contributed by atoms with Gasteiger partial charge in [-0.1, -0.05) is 48.7 Å². The van der Waals surface area contributed by atoms with E-state index in [0.717, 1.165) is 22.5 Å². The molecule has 178 valence electrons. The zero-order valence-corrected chi connectivity index (χ0v) is 20.4. The number of aromatic nitrogens is 2. The van der Waals surface area contributed by atoms with Gasteiger partial charge in [0.25, 0.3) is 0 Å². The normalized spacial score (nSPS) is 14.8. The number of carboxylic acid groups (broad SMARTS) is 1. The van der Waals surface area contributed by atoms with Crippen LogP contribution in [0, 0.1) is 0 Å². The van der Waals surface area contributed by atoms with Crippen LogP contribution in [0.2, 0.25) is 5.02 Å². The van der Waals surface area contributed by atoms with E-state index < -0.39 is 12.6 Å². The summed E-state index contributed by atoms with van der Waals surface area (Å²) >= 11 is 12.3. The summed E-state index contributed by atoms with van der Waals surface area (Å²) in [7, 11) is 0. The molecule has 0 aliphatic heterocycles. The van der Waals surface area contributed by atoms with E-state index in [1.54, 1.807) is 30.4 Å². The van der Waals surface area contributed by atoms with Gasteiger partial charge < -0.3 is 14.6 Å². The minimum Gasteiger partial charge on any atom is -0.480 e. The Labute approximate surface area is 207 Å². The quantitative estimate of drug-likeness (QED) is 0.291. The largest absolute Gasteiger partial charge is 0.480 e. The first-order chi connectivity index (χ1) is 16.4. The van der Waals surface area contributed by atoms with Gasteiger partial charge in [-0.2, -0.15) is 5.10 Å². The van der Waals surface area contributed by atoms with Crippen molar-refractivity contribution in [2.24, 2.45) is 4.99 Å². The second kappa shape index (κ2) is 12.3. The molecule has 0 atom stereocenters. The molecule has 1 aromatic carbocycles. The first-order valence-electron chi connectivity index (χ1n) is 10.7. The van der Waals surface area contributed by atoms with Crippen LogP contribution in [0.25, 0.3) is 17.0 Å². The molecule has 0 bridgehead atoms. The van der Waals surface area contributed by atoms with Crippen LogP contribution < -0.4 is 4.74 Å². The molecule has 0 spiro atoms. The van der Waals surface area contributed by atoms with Crippen LogP contribution in [-0.2, 0) is 9.53 Å². The molecular weight excluding hydrogens is 477 g/mol. The number of H-pyrrole nitrogens is 1. The number of nitrogens with one attached hydrogen (secondary N) is 1. The number of hydrogen-bond acceptors (Lipinski definition) is 5. The molecule has 1 aliphatic rings. The highest BCUT2D eigenvalue weighted by molar-refractivity contribution is 6.32. The van der Waals surface area contributed by atoms with Crippen molar-refractivity contribution in [3.63, 3.8) is 0 Å².